The van der Waals surface area contributed by atoms with Crippen LogP contribution in [0.5, 0.6) is 5.75 Å². The highest BCUT2D eigenvalue weighted by molar-refractivity contribution is 6.16. The molecule has 2 aromatic heterocycles. The molecule has 0 atom stereocenters. The third-order valence-electron chi connectivity index (χ3n) is 6.65. The summed E-state index contributed by atoms with van der Waals surface area (Å²) in [7, 11) is 7.65. The number of benzene rings is 1. The predicted octanol–water partition coefficient (Wildman–Crippen LogP) is 4.07. The maximum Gasteiger partial charge on any atom is 0.324 e. The van der Waals surface area contributed by atoms with E-state index in [4.69, 9.17) is 21.1 Å². The number of rotatable bonds is 8. The number of carbonyl (C=O) groups is 1. The topological polar surface area (TPSA) is 97.3 Å². The lowest BCUT2D eigenvalue weighted by atomic mass is 9.93. The molecule has 198 valence electrons. The summed E-state index contributed by atoms with van der Waals surface area (Å²) in [6.45, 7) is 4.83. The van der Waals surface area contributed by atoms with Crippen LogP contribution in [-0.2, 0) is 11.8 Å². The van der Waals surface area contributed by atoms with Gasteiger partial charge < -0.3 is 23.8 Å². The molecule has 1 saturated heterocycles. The number of amides is 2. The molecule has 1 aliphatic rings. The Morgan fingerprint density at radius 1 is 1.31 bits per heavy atom. The van der Waals surface area contributed by atoms with Crippen molar-refractivity contribution in [2.24, 2.45) is 7.05 Å². The zero-order valence-corrected chi connectivity index (χ0v) is 23.1. The first-order chi connectivity index (χ1) is 16.6. The van der Waals surface area contributed by atoms with Gasteiger partial charge in [-0.1, -0.05) is 11.6 Å². The van der Waals surface area contributed by atoms with E-state index in [-0.39, 0.29) is 24.0 Å². The third-order valence-corrected chi connectivity index (χ3v) is 7.29. The maximum atomic E-state index is 13.0. The minimum absolute atomic E-state index is 0. The van der Waals surface area contributed by atoms with E-state index < -0.39 is 0 Å². The Hall–Kier alpha value is -2.53. The number of hydrogen-bond donors (Lipinski definition) is 2. The van der Waals surface area contributed by atoms with Crippen molar-refractivity contribution in [1.29, 1.82) is 0 Å². The van der Waals surface area contributed by atoms with Crippen molar-refractivity contribution in [2.75, 3.05) is 58.8 Å². The first-order valence-electron chi connectivity index (χ1n) is 11.8. The second kappa shape index (κ2) is 11.2. The average Bonchev–Trinajstić information content (AvgIpc) is 3.44. The number of H-pyrrole nitrogens is 1. The van der Waals surface area contributed by atoms with Gasteiger partial charge in [0.2, 0.25) is 5.95 Å². The molecule has 1 aliphatic heterocycles. The van der Waals surface area contributed by atoms with E-state index in [0.717, 1.165) is 36.0 Å². The maximum absolute atomic E-state index is 13.0. The normalized spacial score (nSPS) is 15.6. The lowest BCUT2D eigenvalue weighted by molar-refractivity contribution is -0.879. The Kier molecular flexibility index (Phi) is 8.76. The average molecular weight is 542 g/mol. The van der Waals surface area contributed by atoms with Gasteiger partial charge in [0.1, 0.15) is 23.3 Å². The molecule has 0 unspecified atom stereocenters. The van der Waals surface area contributed by atoms with E-state index in [9.17, 15) is 4.79 Å². The summed E-state index contributed by atoms with van der Waals surface area (Å²) in [5, 5.41) is 7.18. The van der Waals surface area contributed by atoms with Gasteiger partial charge in [-0.3, -0.25) is 10.00 Å². The van der Waals surface area contributed by atoms with Gasteiger partial charge in [0.25, 0.3) is 0 Å². The van der Waals surface area contributed by atoms with Crippen LogP contribution in [0.1, 0.15) is 19.8 Å². The number of carbonyl (C=O) groups excluding carboxylic acids is 1. The fraction of sp³-hybridized carbons (Fsp3) is 0.542. The molecule has 4 rings (SSSR count). The minimum Gasteiger partial charge on any atom is -0.494 e. The largest absolute Gasteiger partial charge is 0.494 e. The Balaban J connectivity index is 0.00000361. The standard InChI is InChI=1S/C24H34ClN7O3.ClH/c1-24(35-13-12-32(3,4)16-25)8-10-31(11-9-24)23(33)29-22-27-20-18(17-14-26-30(2)15-17)6-7-19(34-5)21(20)28-22;/h6-7,14-15H,8-13,16H2,1-5H3,(H-,27,28,29,33);1H/p+1. The number of likely N-dealkylation sites (tertiary alicyclic amines) is 1. The molecule has 3 aromatic rings. The van der Waals surface area contributed by atoms with Gasteiger partial charge >= 0.3 is 6.03 Å². The number of nitrogens with one attached hydrogen (secondary N) is 2. The van der Waals surface area contributed by atoms with E-state index in [0.29, 0.717) is 47.4 Å². The van der Waals surface area contributed by atoms with E-state index >= 15 is 0 Å². The van der Waals surface area contributed by atoms with Crippen molar-refractivity contribution in [3.8, 4) is 16.9 Å². The van der Waals surface area contributed by atoms with Crippen molar-refractivity contribution in [2.45, 2.75) is 25.4 Å². The highest BCUT2D eigenvalue weighted by atomic mass is 35.5. The summed E-state index contributed by atoms with van der Waals surface area (Å²) in [4.78, 5) is 22.7. The first-order valence-corrected chi connectivity index (χ1v) is 12.3. The molecule has 36 heavy (non-hydrogen) atoms. The molecule has 0 bridgehead atoms. The molecule has 1 aromatic carbocycles. The number of anilines is 1. The molecule has 12 heteroatoms. The fourth-order valence-electron chi connectivity index (χ4n) is 4.20. The summed E-state index contributed by atoms with van der Waals surface area (Å²) in [6.07, 6.45) is 5.26. The van der Waals surface area contributed by atoms with Crippen molar-refractivity contribution in [1.82, 2.24) is 24.6 Å². The van der Waals surface area contributed by atoms with Crippen molar-refractivity contribution in [3.05, 3.63) is 24.5 Å². The van der Waals surface area contributed by atoms with Crippen LogP contribution in [0.25, 0.3) is 22.2 Å². The molecular weight excluding hydrogens is 505 g/mol. The number of aromatic amines is 1. The third kappa shape index (κ3) is 6.23. The monoisotopic (exact) mass is 540 g/mol. The number of nitrogens with zero attached hydrogens (tertiary/aromatic N) is 5. The number of aromatic nitrogens is 4. The SMILES string of the molecule is COc1ccc(-c2cnn(C)c2)c2nc(NC(=O)N3CCC(C)(OCC[N+](C)(C)CCl)CC3)[nH]c12.Cl. The molecule has 1 fully saturated rings. The Morgan fingerprint density at radius 2 is 2.03 bits per heavy atom. The fourth-order valence-corrected chi connectivity index (χ4v) is 4.32. The second-order valence-electron chi connectivity index (χ2n) is 10.0. The van der Waals surface area contributed by atoms with Crippen LogP contribution in [-0.4, -0.2) is 94.2 Å². The van der Waals surface area contributed by atoms with E-state index in [2.05, 4.69) is 41.4 Å². The number of fused-ring (bicyclic) bond motifs is 1. The van der Waals surface area contributed by atoms with Gasteiger partial charge in [-0.15, -0.1) is 12.4 Å². The number of aryl methyl sites for hydroxylation is 1. The Labute approximate surface area is 222 Å². The van der Waals surface area contributed by atoms with Gasteiger partial charge in [-0.05, 0) is 31.9 Å². The van der Waals surface area contributed by atoms with E-state index in [1.807, 2.05) is 25.4 Å². The number of ether oxygens (including phenoxy) is 2. The number of methoxy groups -OCH3 is 1. The van der Waals surface area contributed by atoms with Crippen LogP contribution in [0, 0.1) is 0 Å². The summed E-state index contributed by atoms with van der Waals surface area (Å²) in [5.41, 5.74) is 3.04. The molecule has 0 saturated carbocycles. The molecule has 0 radical (unpaired) electrons. The van der Waals surface area contributed by atoms with Crippen molar-refractivity contribution >= 4 is 47.0 Å². The predicted molar refractivity (Wildman–Crippen MR) is 144 cm³/mol. The quantitative estimate of drug-likeness (QED) is 0.255. The van der Waals surface area contributed by atoms with Gasteiger partial charge in [-0.2, -0.15) is 5.10 Å². The zero-order chi connectivity index (χ0) is 25.2. The number of hydrogen-bond acceptors (Lipinski definition) is 5. The summed E-state index contributed by atoms with van der Waals surface area (Å²) >= 11 is 6.00. The number of halogens is 2. The highest BCUT2D eigenvalue weighted by Crippen LogP contribution is 2.34. The van der Waals surface area contributed by atoms with Gasteiger partial charge in [0, 0.05) is 37.5 Å². The zero-order valence-electron chi connectivity index (χ0n) is 21.5. The number of alkyl halides is 1. The van der Waals surface area contributed by atoms with Gasteiger partial charge in [0.05, 0.1) is 39.6 Å². The van der Waals surface area contributed by atoms with E-state index in [1.54, 1.807) is 22.9 Å². The van der Waals surface area contributed by atoms with Gasteiger partial charge in [-0.25, -0.2) is 9.78 Å². The molecule has 2 N–H and O–H groups in total. The number of likely N-dealkylation sites (N-methyl/N-ethyl adjacent to an activating group) is 1. The summed E-state index contributed by atoms with van der Waals surface area (Å²) in [5.74, 6) is 1.03. The van der Waals surface area contributed by atoms with Crippen LogP contribution in [0.4, 0.5) is 10.7 Å². The lowest BCUT2D eigenvalue weighted by Crippen LogP contribution is -2.49. The minimum atomic E-state index is -0.242. The molecule has 10 nitrogen and oxygen atoms in total. The van der Waals surface area contributed by atoms with Gasteiger partial charge in [0.15, 0.2) is 6.00 Å². The number of piperidine rings is 1. The van der Waals surface area contributed by atoms with Crippen LogP contribution in [0.3, 0.4) is 0 Å². The van der Waals surface area contributed by atoms with Crippen molar-refractivity contribution < 1.29 is 18.8 Å². The Morgan fingerprint density at radius 3 is 2.64 bits per heavy atom. The van der Waals surface area contributed by atoms with Crippen LogP contribution in [0.15, 0.2) is 24.5 Å². The number of quaternary nitrogens is 1. The Bertz CT molecular complexity index is 1190. The molecule has 0 spiro atoms. The number of urea groups is 1. The molecule has 0 aliphatic carbocycles. The summed E-state index contributed by atoms with van der Waals surface area (Å²) in [6, 6.07) is 4.19. The number of imidazole rings is 1. The van der Waals surface area contributed by atoms with E-state index in [1.165, 1.54) is 0 Å². The second-order valence-corrected chi connectivity index (χ2v) is 10.3. The lowest BCUT2D eigenvalue weighted by Gasteiger charge is -2.39. The molecular formula is C24H36Cl2N7O3+. The van der Waals surface area contributed by atoms with Crippen LogP contribution >= 0.6 is 24.0 Å². The van der Waals surface area contributed by atoms with Crippen molar-refractivity contribution in [3.63, 3.8) is 0 Å². The van der Waals surface area contributed by atoms with Crippen LogP contribution in [0.2, 0.25) is 0 Å². The highest BCUT2D eigenvalue weighted by Gasteiger charge is 2.33. The summed E-state index contributed by atoms with van der Waals surface area (Å²) < 4.78 is 14.2. The molecule has 3 heterocycles. The smallest absolute Gasteiger partial charge is 0.324 e. The molecule has 2 amide bonds. The van der Waals surface area contributed by atoms with Crippen LogP contribution < -0.4 is 10.1 Å². The first kappa shape index (κ1) is 28.0.